The average Bonchev–Trinajstić information content (AvgIpc) is 2.65. The Hall–Kier alpha value is -1.06. The monoisotopic (exact) mass is 272 g/mol. The lowest BCUT2D eigenvalue weighted by Crippen LogP contribution is -2.34. The minimum Gasteiger partial charge on any atom is -0.454 e. The first-order chi connectivity index (χ1) is 7.24. The molecular formula is C7H6F2O5S2. The van der Waals surface area contributed by atoms with Gasteiger partial charge in [0.05, 0.1) is 5.56 Å². The number of ether oxygens (including phenoxy) is 1. The minimum atomic E-state index is -5.57. The van der Waals surface area contributed by atoms with Crippen LogP contribution in [0.1, 0.15) is 10.4 Å². The van der Waals surface area contributed by atoms with Crippen molar-refractivity contribution in [2.45, 2.75) is 5.25 Å². The molecule has 5 nitrogen and oxygen atoms in total. The van der Waals surface area contributed by atoms with Crippen LogP contribution < -0.4 is 0 Å². The van der Waals surface area contributed by atoms with Crippen LogP contribution in [0.4, 0.5) is 8.78 Å². The molecule has 0 amide bonds. The molecule has 90 valence electrons. The highest BCUT2D eigenvalue weighted by Crippen LogP contribution is 2.21. The molecule has 0 aliphatic rings. The summed E-state index contributed by atoms with van der Waals surface area (Å²) in [5.74, 6) is -1.08. The number of hydrogen-bond acceptors (Lipinski definition) is 5. The van der Waals surface area contributed by atoms with E-state index in [1.807, 2.05) is 0 Å². The number of alkyl halides is 2. The highest BCUT2D eigenvalue weighted by atomic mass is 32.2. The van der Waals surface area contributed by atoms with E-state index in [2.05, 4.69) is 4.74 Å². The summed E-state index contributed by atoms with van der Waals surface area (Å²) in [7, 11) is -5.57. The van der Waals surface area contributed by atoms with Crippen molar-refractivity contribution in [2.75, 3.05) is 6.61 Å². The van der Waals surface area contributed by atoms with Gasteiger partial charge in [0.1, 0.15) is 0 Å². The predicted molar refractivity (Wildman–Crippen MR) is 51.1 cm³/mol. The van der Waals surface area contributed by atoms with Crippen molar-refractivity contribution in [2.24, 2.45) is 0 Å². The van der Waals surface area contributed by atoms with Crippen LogP contribution in [-0.4, -0.2) is 30.8 Å². The fraction of sp³-hybridized carbons (Fsp3) is 0.286. The van der Waals surface area contributed by atoms with Crippen LogP contribution in [0.15, 0.2) is 16.8 Å². The van der Waals surface area contributed by atoms with Gasteiger partial charge in [-0.05, 0) is 11.4 Å². The second-order valence-corrected chi connectivity index (χ2v) is 5.03. The van der Waals surface area contributed by atoms with E-state index in [1.165, 1.54) is 16.8 Å². The van der Waals surface area contributed by atoms with Gasteiger partial charge in [0, 0.05) is 5.38 Å². The molecule has 0 radical (unpaired) electrons. The Kier molecular flexibility index (Phi) is 3.61. The number of hydrogen-bond donors (Lipinski definition) is 1. The lowest BCUT2D eigenvalue weighted by molar-refractivity contribution is -0.00946. The predicted octanol–water partition coefficient (Wildman–Crippen LogP) is 1.39. The van der Waals surface area contributed by atoms with Crippen LogP contribution in [0.25, 0.3) is 0 Å². The molecule has 0 aliphatic carbocycles. The largest absolute Gasteiger partial charge is 0.454 e. The summed E-state index contributed by atoms with van der Waals surface area (Å²) in [6, 6.07) is 1.33. The third-order valence-corrected chi connectivity index (χ3v) is 3.06. The Morgan fingerprint density at radius 3 is 2.62 bits per heavy atom. The molecule has 0 saturated carbocycles. The Labute approximate surface area is 93.4 Å². The van der Waals surface area contributed by atoms with Gasteiger partial charge < -0.3 is 4.74 Å². The molecule has 0 spiro atoms. The molecule has 1 aromatic heterocycles. The number of rotatable bonds is 4. The number of thiophene rings is 1. The quantitative estimate of drug-likeness (QED) is 0.661. The van der Waals surface area contributed by atoms with Crippen LogP contribution in [0.3, 0.4) is 0 Å². The summed E-state index contributed by atoms with van der Waals surface area (Å²) in [6.45, 7) is -1.72. The Balaban J connectivity index is 2.63. The van der Waals surface area contributed by atoms with Crippen molar-refractivity contribution in [3.63, 3.8) is 0 Å². The first kappa shape index (κ1) is 13.0. The average molecular weight is 272 g/mol. The maximum absolute atomic E-state index is 12.6. The van der Waals surface area contributed by atoms with Crippen molar-refractivity contribution in [3.8, 4) is 0 Å². The minimum absolute atomic E-state index is 0.0381. The fourth-order valence-corrected chi connectivity index (χ4v) is 1.52. The van der Waals surface area contributed by atoms with Crippen LogP contribution >= 0.6 is 11.3 Å². The van der Waals surface area contributed by atoms with E-state index >= 15 is 0 Å². The van der Waals surface area contributed by atoms with E-state index in [1.54, 1.807) is 0 Å². The lowest BCUT2D eigenvalue weighted by Gasteiger charge is -2.12. The smallest absolute Gasteiger partial charge is 0.402 e. The van der Waals surface area contributed by atoms with Gasteiger partial charge in [0.25, 0.3) is 0 Å². The van der Waals surface area contributed by atoms with Crippen LogP contribution in [-0.2, 0) is 14.9 Å². The van der Waals surface area contributed by atoms with Crippen molar-refractivity contribution < 1.29 is 31.3 Å². The van der Waals surface area contributed by atoms with Gasteiger partial charge in [0.2, 0.25) is 0 Å². The molecule has 1 rings (SSSR count). The molecule has 16 heavy (non-hydrogen) atoms. The fourth-order valence-electron chi connectivity index (χ4n) is 0.688. The number of carbonyl (C=O) groups is 1. The summed E-state index contributed by atoms with van der Waals surface area (Å²) in [4.78, 5) is 11.1. The van der Waals surface area contributed by atoms with Crippen LogP contribution in [0.2, 0.25) is 0 Å². The maximum Gasteiger partial charge on any atom is 0.402 e. The van der Waals surface area contributed by atoms with E-state index in [4.69, 9.17) is 4.55 Å². The van der Waals surface area contributed by atoms with Gasteiger partial charge in [-0.15, -0.1) is 0 Å². The van der Waals surface area contributed by atoms with Gasteiger partial charge >= 0.3 is 21.3 Å². The van der Waals surface area contributed by atoms with Gasteiger partial charge in [-0.3, -0.25) is 4.55 Å². The van der Waals surface area contributed by atoms with E-state index < -0.39 is 27.9 Å². The molecule has 0 fully saturated rings. The Bertz CT molecular complexity index is 465. The maximum atomic E-state index is 12.6. The topological polar surface area (TPSA) is 80.7 Å². The molecule has 0 saturated heterocycles. The van der Waals surface area contributed by atoms with Crippen molar-refractivity contribution in [1.82, 2.24) is 0 Å². The van der Waals surface area contributed by atoms with Crippen LogP contribution in [0, 0.1) is 0 Å². The molecule has 0 atom stereocenters. The van der Waals surface area contributed by atoms with Crippen molar-refractivity contribution in [1.29, 1.82) is 0 Å². The van der Waals surface area contributed by atoms with Crippen molar-refractivity contribution in [3.05, 3.63) is 22.4 Å². The van der Waals surface area contributed by atoms with E-state index in [0.29, 0.717) is 0 Å². The lowest BCUT2D eigenvalue weighted by atomic mass is 10.3. The highest BCUT2D eigenvalue weighted by Gasteiger charge is 2.45. The van der Waals surface area contributed by atoms with E-state index in [-0.39, 0.29) is 5.56 Å². The van der Waals surface area contributed by atoms with Crippen LogP contribution in [0.5, 0.6) is 0 Å². The Morgan fingerprint density at radius 2 is 2.19 bits per heavy atom. The van der Waals surface area contributed by atoms with Gasteiger partial charge in [-0.25, -0.2) is 4.79 Å². The highest BCUT2D eigenvalue weighted by molar-refractivity contribution is 7.86. The van der Waals surface area contributed by atoms with Gasteiger partial charge in [-0.1, -0.05) is 0 Å². The van der Waals surface area contributed by atoms with Gasteiger partial charge in [-0.2, -0.15) is 28.5 Å². The summed E-state index contributed by atoms with van der Waals surface area (Å²) >= 11 is 1.15. The molecule has 0 unspecified atom stereocenters. The number of esters is 1. The second-order valence-electron chi connectivity index (χ2n) is 2.70. The number of halogens is 2. The third kappa shape index (κ3) is 2.97. The summed E-state index contributed by atoms with van der Waals surface area (Å²) in [5.41, 5.74) is 0.0381. The van der Waals surface area contributed by atoms with Crippen molar-refractivity contribution >= 4 is 27.4 Å². The summed E-state index contributed by atoms with van der Waals surface area (Å²) < 4.78 is 57.8. The summed E-state index contributed by atoms with van der Waals surface area (Å²) in [5, 5.41) is -1.62. The SMILES string of the molecule is O=C(OCC(F)(F)S(=O)(=O)O)c1ccsc1. The molecule has 9 heteroatoms. The molecule has 1 N–H and O–H groups in total. The summed E-state index contributed by atoms with van der Waals surface area (Å²) in [6.07, 6.45) is 0. The molecule has 1 aromatic rings. The molecule has 0 bridgehead atoms. The zero-order valence-electron chi connectivity index (χ0n) is 7.59. The molecule has 1 heterocycles. The molecule has 0 aromatic carbocycles. The standard InChI is InChI=1S/C7H6F2O5S2/c8-7(9,16(11,12)13)4-14-6(10)5-1-2-15-3-5/h1-3H,4H2,(H,11,12,13). The molecule has 0 aliphatic heterocycles. The zero-order valence-corrected chi connectivity index (χ0v) is 9.22. The van der Waals surface area contributed by atoms with E-state index in [9.17, 15) is 22.0 Å². The van der Waals surface area contributed by atoms with Gasteiger partial charge in [0.15, 0.2) is 6.61 Å². The zero-order chi connectivity index (χ0) is 12.4. The number of carbonyl (C=O) groups excluding carboxylic acids is 1. The first-order valence-corrected chi connectivity index (χ1v) is 6.16. The normalized spacial score (nSPS) is 12.4. The third-order valence-electron chi connectivity index (χ3n) is 1.51. The molecular weight excluding hydrogens is 266 g/mol. The Morgan fingerprint density at radius 1 is 1.56 bits per heavy atom. The van der Waals surface area contributed by atoms with E-state index in [0.717, 1.165) is 11.3 Å². The second kappa shape index (κ2) is 4.44. The first-order valence-electron chi connectivity index (χ1n) is 3.78.